The van der Waals surface area contributed by atoms with Crippen LogP contribution in [0.1, 0.15) is 62.8 Å². The number of rotatable bonds is 9. The number of piperidine rings is 1. The number of nitrogens with one attached hydrogen (secondary N) is 2. The Morgan fingerprint density at radius 2 is 1.84 bits per heavy atom. The van der Waals surface area contributed by atoms with Gasteiger partial charge in [0.15, 0.2) is 11.5 Å². The Kier molecular flexibility index (Phi) is 6.53. The van der Waals surface area contributed by atoms with Crippen LogP contribution in [0.15, 0.2) is 48.5 Å². The van der Waals surface area contributed by atoms with E-state index in [1.54, 1.807) is 18.8 Å². The molecule has 9 heteroatoms. The van der Waals surface area contributed by atoms with Crippen LogP contribution in [0.25, 0.3) is 0 Å². The molecule has 1 aromatic heterocycles. The number of methoxy groups -OCH3 is 1. The predicted octanol–water partition coefficient (Wildman–Crippen LogP) is 3.00. The van der Waals surface area contributed by atoms with Crippen molar-refractivity contribution in [1.29, 1.82) is 0 Å². The molecular formula is C29H33N5O4. The molecule has 2 atom stereocenters. The Balaban J connectivity index is 1.06. The lowest BCUT2D eigenvalue weighted by Gasteiger charge is -2.48. The fourth-order valence-corrected chi connectivity index (χ4v) is 5.36. The molecule has 9 nitrogen and oxygen atoms in total. The molecule has 1 aliphatic carbocycles. The summed E-state index contributed by atoms with van der Waals surface area (Å²) in [5, 5.41) is 10.9. The van der Waals surface area contributed by atoms with E-state index < -0.39 is 0 Å². The number of hydrogen-bond acceptors (Lipinski definition) is 6. The Morgan fingerprint density at radius 3 is 2.53 bits per heavy atom. The number of nitrogens with zero attached hydrogens (tertiary/aromatic N) is 3. The number of aryl methyl sites for hydroxylation is 1. The van der Waals surface area contributed by atoms with Crippen molar-refractivity contribution in [3.05, 3.63) is 76.6 Å². The minimum Gasteiger partial charge on any atom is -0.493 e. The van der Waals surface area contributed by atoms with Crippen molar-refractivity contribution in [2.45, 2.75) is 50.4 Å². The van der Waals surface area contributed by atoms with Gasteiger partial charge in [-0.3, -0.25) is 14.3 Å². The van der Waals surface area contributed by atoms with Crippen LogP contribution in [-0.4, -0.2) is 58.8 Å². The summed E-state index contributed by atoms with van der Waals surface area (Å²) >= 11 is 0. The van der Waals surface area contributed by atoms with Gasteiger partial charge in [0, 0.05) is 55.8 Å². The minimum absolute atomic E-state index is 0.0833. The Bertz CT molecular complexity index is 1330. The van der Waals surface area contributed by atoms with Gasteiger partial charge in [-0.05, 0) is 49.1 Å². The molecule has 3 aliphatic heterocycles. The smallest absolute Gasteiger partial charge is 0.269 e. The Labute approximate surface area is 222 Å². The van der Waals surface area contributed by atoms with E-state index in [1.807, 2.05) is 53.4 Å². The highest BCUT2D eigenvalue weighted by Crippen LogP contribution is 2.39. The third kappa shape index (κ3) is 4.98. The second kappa shape index (κ2) is 10.1. The van der Waals surface area contributed by atoms with E-state index in [-0.39, 0.29) is 11.8 Å². The van der Waals surface area contributed by atoms with Crippen molar-refractivity contribution in [2.24, 2.45) is 7.05 Å². The molecule has 2 amide bonds. The second-order valence-electron chi connectivity index (χ2n) is 10.5. The number of fused-ring (bicyclic) bond motifs is 2. The van der Waals surface area contributed by atoms with Crippen LogP contribution in [-0.2, 0) is 20.2 Å². The van der Waals surface area contributed by atoms with Gasteiger partial charge in [-0.25, -0.2) is 0 Å². The molecule has 2 unspecified atom stereocenters. The standard InChI is InChI=1S/C29H33N5O4/c1-33-25(13-24(32-33)19-10-11-19)28(35)30-14-21-4-3-5-26(27(21)37-2)38-17-18-6-8-20(9-7-18)29(36)34-15-22-12-23(16-34)31-22/h3-9,13,19,22-23,31H,10-12,14-17H2,1-2H3,(H,30,35). The zero-order valence-corrected chi connectivity index (χ0v) is 21.8. The summed E-state index contributed by atoms with van der Waals surface area (Å²) in [7, 11) is 3.39. The number of ether oxygens (including phenoxy) is 2. The van der Waals surface area contributed by atoms with Crippen molar-refractivity contribution < 1.29 is 19.1 Å². The van der Waals surface area contributed by atoms with Crippen LogP contribution < -0.4 is 20.1 Å². The molecule has 3 aromatic rings. The molecule has 7 rings (SSSR count). The zero-order valence-electron chi connectivity index (χ0n) is 21.8. The molecule has 4 heterocycles. The fourth-order valence-electron chi connectivity index (χ4n) is 5.36. The molecule has 4 aliphatic rings. The van der Waals surface area contributed by atoms with Crippen LogP contribution >= 0.6 is 0 Å². The normalized spacial score (nSPS) is 20.0. The van der Waals surface area contributed by atoms with Gasteiger partial charge in [0.1, 0.15) is 12.3 Å². The van der Waals surface area contributed by atoms with Crippen molar-refractivity contribution in [2.75, 3.05) is 20.2 Å². The Morgan fingerprint density at radius 1 is 1.11 bits per heavy atom. The maximum absolute atomic E-state index is 12.8. The van der Waals surface area contributed by atoms with Gasteiger partial charge in [-0.1, -0.05) is 24.3 Å². The number of carbonyl (C=O) groups is 2. The first-order chi connectivity index (χ1) is 18.5. The number of para-hydroxylation sites is 1. The van der Waals surface area contributed by atoms with Crippen LogP contribution in [0.5, 0.6) is 11.5 Å². The highest BCUT2D eigenvalue weighted by Gasteiger charge is 2.38. The molecule has 38 heavy (non-hydrogen) atoms. The summed E-state index contributed by atoms with van der Waals surface area (Å²) < 4.78 is 13.4. The summed E-state index contributed by atoms with van der Waals surface area (Å²) in [6.45, 7) is 2.19. The number of benzene rings is 2. The van der Waals surface area contributed by atoms with Gasteiger partial charge in [-0.15, -0.1) is 0 Å². The topological polar surface area (TPSA) is 97.7 Å². The predicted molar refractivity (Wildman–Crippen MR) is 141 cm³/mol. The molecular weight excluding hydrogens is 482 g/mol. The lowest BCUT2D eigenvalue weighted by molar-refractivity contribution is 0.0473. The highest BCUT2D eigenvalue weighted by atomic mass is 16.5. The summed E-state index contributed by atoms with van der Waals surface area (Å²) in [4.78, 5) is 27.6. The quantitative estimate of drug-likeness (QED) is 0.455. The minimum atomic E-state index is -0.173. The number of piperazine rings is 1. The van der Waals surface area contributed by atoms with Gasteiger partial charge in [0.25, 0.3) is 11.8 Å². The second-order valence-corrected chi connectivity index (χ2v) is 10.5. The van der Waals surface area contributed by atoms with E-state index in [4.69, 9.17) is 9.47 Å². The van der Waals surface area contributed by atoms with E-state index in [0.29, 0.717) is 53.9 Å². The molecule has 4 fully saturated rings. The molecule has 2 N–H and O–H groups in total. The highest BCUT2D eigenvalue weighted by molar-refractivity contribution is 5.94. The first-order valence-electron chi connectivity index (χ1n) is 13.2. The van der Waals surface area contributed by atoms with E-state index in [2.05, 4.69) is 15.7 Å². The van der Waals surface area contributed by atoms with Gasteiger partial charge in [0.05, 0.1) is 12.8 Å². The third-order valence-corrected chi connectivity index (χ3v) is 7.64. The van der Waals surface area contributed by atoms with Crippen LogP contribution in [0.2, 0.25) is 0 Å². The van der Waals surface area contributed by atoms with E-state index in [9.17, 15) is 9.59 Å². The number of carbonyl (C=O) groups excluding carboxylic acids is 2. The summed E-state index contributed by atoms with van der Waals surface area (Å²) in [5.41, 5.74) is 4.01. The summed E-state index contributed by atoms with van der Waals surface area (Å²) in [6, 6.07) is 16.0. The Hall–Kier alpha value is -3.85. The van der Waals surface area contributed by atoms with Crippen molar-refractivity contribution in [3.8, 4) is 11.5 Å². The maximum Gasteiger partial charge on any atom is 0.269 e. The SMILES string of the molecule is COc1c(CNC(=O)c2cc(C3CC3)nn2C)cccc1OCc1ccc(C(=O)N2CC3CC(C2)N3)cc1. The zero-order chi connectivity index (χ0) is 26.2. The van der Waals surface area contributed by atoms with E-state index in [0.717, 1.165) is 42.8 Å². The molecule has 0 spiro atoms. The molecule has 198 valence electrons. The van der Waals surface area contributed by atoms with Crippen molar-refractivity contribution in [3.63, 3.8) is 0 Å². The van der Waals surface area contributed by atoms with Crippen LogP contribution in [0.3, 0.4) is 0 Å². The van der Waals surface area contributed by atoms with E-state index >= 15 is 0 Å². The van der Waals surface area contributed by atoms with Gasteiger partial charge in [-0.2, -0.15) is 5.10 Å². The maximum atomic E-state index is 12.8. The average Bonchev–Trinajstić information content (AvgIpc) is 3.71. The fraction of sp³-hybridized carbons (Fsp3) is 0.414. The van der Waals surface area contributed by atoms with E-state index in [1.165, 1.54) is 6.42 Å². The summed E-state index contributed by atoms with van der Waals surface area (Å²) in [5.74, 6) is 1.58. The van der Waals surface area contributed by atoms with Gasteiger partial charge >= 0.3 is 0 Å². The molecule has 2 aromatic carbocycles. The van der Waals surface area contributed by atoms with Gasteiger partial charge < -0.3 is 25.0 Å². The van der Waals surface area contributed by atoms with Crippen LogP contribution in [0, 0.1) is 0 Å². The summed E-state index contributed by atoms with van der Waals surface area (Å²) in [6.07, 6.45) is 3.45. The van der Waals surface area contributed by atoms with Crippen molar-refractivity contribution >= 4 is 11.8 Å². The monoisotopic (exact) mass is 515 g/mol. The number of amides is 2. The van der Waals surface area contributed by atoms with Crippen molar-refractivity contribution in [1.82, 2.24) is 25.3 Å². The molecule has 3 saturated heterocycles. The first kappa shape index (κ1) is 24.5. The average molecular weight is 516 g/mol. The van der Waals surface area contributed by atoms with Crippen LogP contribution in [0.4, 0.5) is 0 Å². The largest absolute Gasteiger partial charge is 0.493 e. The number of hydrogen-bond donors (Lipinski definition) is 2. The molecule has 1 saturated carbocycles. The van der Waals surface area contributed by atoms with Gasteiger partial charge in [0.2, 0.25) is 0 Å². The molecule has 2 bridgehead atoms. The lowest BCUT2D eigenvalue weighted by Crippen LogP contribution is -2.67. The number of aromatic nitrogens is 2. The third-order valence-electron chi connectivity index (χ3n) is 7.64. The lowest BCUT2D eigenvalue weighted by atomic mass is 9.91. The first-order valence-corrected chi connectivity index (χ1v) is 13.2. The molecule has 0 radical (unpaired) electrons.